The molecule has 1 aromatic carbocycles. The van der Waals surface area contributed by atoms with E-state index in [-0.39, 0.29) is 11.8 Å². The predicted molar refractivity (Wildman–Crippen MR) is 87.9 cm³/mol. The van der Waals surface area contributed by atoms with E-state index >= 15 is 0 Å². The fourth-order valence-corrected chi connectivity index (χ4v) is 3.03. The second-order valence-electron chi connectivity index (χ2n) is 6.16. The molecule has 1 N–H and O–H groups in total. The number of hydrogen-bond acceptors (Lipinski definition) is 2. The van der Waals surface area contributed by atoms with Crippen molar-refractivity contribution in [2.75, 3.05) is 14.1 Å². The Morgan fingerprint density at radius 3 is 2.27 bits per heavy atom. The van der Waals surface area contributed by atoms with Crippen molar-refractivity contribution >= 4 is 35.0 Å². The number of halogens is 2. The molecule has 2 atom stereocenters. The van der Waals surface area contributed by atoms with Crippen molar-refractivity contribution < 1.29 is 9.59 Å². The molecule has 2 rings (SSSR count). The normalized spacial score (nSPS) is 23.5. The molecule has 4 nitrogen and oxygen atoms in total. The summed E-state index contributed by atoms with van der Waals surface area (Å²) >= 11 is 12.1. The summed E-state index contributed by atoms with van der Waals surface area (Å²) in [5, 5.41) is 2.81. The molecule has 1 saturated carbocycles. The molecule has 0 aliphatic heterocycles. The molecule has 0 saturated heterocycles. The van der Waals surface area contributed by atoms with E-state index in [4.69, 9.17) is 23.2 Å². The highest BCUT2D eigenvalue weighted by Crippen LogP contribution is 2.63. The number of carbonyl (C=O) groups excluding carboxylic acids is 2. The second kappa shape index (κ2) is 6.09. The van der Waals surface area contributed by atoms with Gasteiger partial charge in [0.15, 0.2) is 0 Å². The smallest absolute Gasteiger partial charge is 0.244 e. The summed E-state index contributed by atoms with van der Waals surface area (Å²) < 4.78 is -1.05. The molecule has 1 fully saturated rings. The Hall–Kier alpha value is -1.26. The molecule has 0 radical (unpaired) electrons. The Bertz CT molecular complexity index is 575. The fraction of sp³-hybridized carbons (Fsp3) is 0.500. The lowest BCUT2D eigenvalue weighted by Gasteiger charge is -2.24. The van der Waals surface area contributed by atoms with Crippen molar-refractivity contribution in [3.8, 4) is 0 Å². The highest BCUT2D eigenvalue weighted by atomic mass is 35.5. The van der Waals surface area contributed by atoms with Crippen LogP contribution in [0.1, 0.15) is 18.9 Å². The molecule has 120 valence electrons. The first-order valence-electron chi connectivity index (χ1n) is 7.11. The number of amides is 2. The van der Waals surface area contributed by atoms with Crippen LogP contribution in [0, 0.1) is 5.41 Å². The summed E-state index contributed by atoms with van der Waals surface area (Å²) in [5.74, 6) is -0.440. The van der Waals surface area contributed by atoms with E-state index in [0.29, 0.717) is 12.8 Å². The molecular formula is C16H20Cl2N2O2. The topological polar surface area (TPSA) is 49.4 Å². The molecule has 0 bridgehead atoms. The first-order valence-corrected chi connectivity index (χ1v) is 7.87. The van der Waals surface area contributed by atoms with Crippen molar-refractivity contribution in [3.05, 3.63) is 35.9 Å². The number of benzene rings is 1. The minimum atomic E-state index is -1.05. The van der Waals surface area contributed by atoms with E-state index in [9.17, 15) is 9.59 Å². The van der Waals surface area contributed by atoms with E-state index in [2.05, 4.69) is 5.32 Å². The van der Waals surface area contributed by atoms with Gasteiger partial charge in [0.2, 0.25) is 11.8 Å². The summed E-state index contributed by atoms with van der Waals surface area (Å²) in [6.07, 6.45) is 0.820. The van der Waals surface area contributed by atoms with Gasteiger partial charge in [-0.1, -0.05) is 30.3 Å². The van der Waals surface area contributed by atoms with Gasteiger partial charge >= 0.3 is 0 Å². The Kier molecular flexibility index (Phi) is 4.73. The van der Waals surface area contributed by atoms with E-state index in [1.165, 1.54) is 4.90 Å². The van der Waals surface area contributed by atoms with Gasteiger partial charge in [0, 0.05) is 20.5 Å². The van der Waals surface area contributed by atoms with Gasteiger partial charge in [0.25, 0.3) is 0 Å². The fourth-order valence-electron chi connectivity index (χ4n) is 2.33. The van der Waals surface area contributed by atoms with Crippen molar-refractivity contribution in [1.29, 1.82) is 0 Å². The number of rotatable bonds is 5. The number of alkyl halides is 2. The zero-order valence-corrected chi connectivity index (χ0v) is 14.4. The first-order chi connectivity index (χ1) is 10.2. The first kappa shape index (κ1) is 17.1. The maximum atomic E-state index is 12.4. The largest absolute Gasteiger partial charge is 0.347 e. The zero-order chi connectivity index (χ0) is 16.5. The SMILES string of the molecule is CN(C)C(=O)[C@H](Cc1ccccc1)NC(=O)[C@@]1(C)CC1(Cl)Cl. The molecule has 1 aliphatic carbocycles. The molecule has 6 heteroatoms. The third-order valence-electron chi connectivity index (χ3n) is 4.09. The molecule has 0 aromatic heterocycles. The Morgan fingerprint density at radius 1 is 1.27 bits per heavy atom. The minimum absolute atomic E-state index is 0.156. The Labute approximate surface area is 140 Å². The van der Waals surface area contributed by atoms with Gasteiger partial charge in [-0.05, 0) is 18.9 Å². The number of carbonyl (C=O) groups is 2. The van der Waals surface area contributed by atoms with Crippen molar-refractivity contribution in [1.82, 2.24) is 10.2 Å². The van der Waals surface area contributed by atoms with E-state index in [1.807, 2.05) is 30.3 Å². The molecule has 22 heavy (non-hydrogen) atoms. The zero-order valence-electron chi connectivity index (χ0n) is 12.9. The van der Waals surface area contributed by atoms with Crippen LogP contribution in [0.15, 0.2) is 30.3 Å². The molecule has 2 amide bonds. The van der Waals surface area contributed by atoms with Crippen LogP contribution in [0.4, 0.5) is 0 Å². The lowest BCUT2D eigenvalue weighted by Crippen LogP contribution is -2.50. The predicted octanol–water partition coefficient (Wildman–Crippen LogP) is 2.39. The van der Waals surface area contributed by atoms with Crippen molar-refractivity contribution in [3.63, 3.8) is 0 Å². The lowest BCUT2D eigenvalue weighted by atomic mass is 10.0. The average Bonchev–Trinajstić information content (AvgIpc) is 2.98. The summed E-state index contributed by atoms with van der Waals surface area (Å²) in [4.78, 5) is 26.2. The molecule has 0 unspecified atom stereocenters. The van der Waals surface area contributed by atoms with Crippen molar-refractivity contribution in [2.45, 2.75) is 30.1 Å². The maximum Gasteiger partial charge on any atom is 0.244 e. The summed E-state index contributed by atoms with van der Waals surface area (Å²) in [5.41, 5.74) is 0.143. The molecule has 0 heterocycles. The Balaban J connectivity index is 2.12. The van der Waals surface area contributed by atoms with Gasteiger partial charge in [-0.2, -0.15) is 0 Å². The summed E-state index contributed by atoms with van der Waals surface area (Å²) in [7, 11) is 3.33. The standard InChI is InChI=1S/C16H20Cl2N2O2/c1-15(10-16(15,17)18)14(22)19-12(13(21)20(2)3)9-11-7-5-4-6-8-11/h4-8,12H,9-10H2,1-3H3,(H,19,22)/t12-,15+/m0/s1. The van der Waals surface area contributed by atoms with E-state index in [0.717, 1.165) is 5.56 Å². The Morgan fingerprint density at radius 2 is 1.82 bits per heavy atom. The summed E-state index contributed by atoms with van der Waals surface area (Å²) in [6, 6.07) is 8.93. The van der Waals surface area contributed by atoms with E-state index < -0.39 is 15.8 Å². The monoisotopic (exact) mass is 342 g/mol. The van der Waals surface area contributed by atoms with Crippen LogP contribution < -0.4 is 5.32 Å². The van der Waals surface area contributed by atoms with Crippen LogP contribution in [0.25, 0.3) is 0 Å². The quantitative estimate of drug-likeness (QED) is 0.835. The van der Waals surface area contributed by atoms with Crippen LogP contribution in [0.5, 0.6) is 0 Å². The van der Waals surface area contributed by atoms with Gasteiger partial charge in [-0.25, -0.2) is 0 Å². The van der Waals surface area contributed by atoms with Crippen LogP contribution in [-0.2, 0) is 16.0 Å². The van der Waals surface area contributed by atoms with Gasteiger partial charge in [-0.3, -0.25) is 9.59 Å². The third-order valence-corrected chi connectivity index (χ3v) is 5.19. The highest BCUT2D eigenvalue weighted by Gasteiger charge is 2.68. The van der Waals surface area contributed by atoms with Crippen LogP contribution in [-0.4, -0.2) is 41.2 Å². The van der Waals surface area contributed by atoms with Crippen LogP contribution >= 0.6 is 23.2 Å². The maximum absolute atomic E-state index is 12.4. The molecule has 1 aliphatic rings. The lowest BCUT2D eigenvalue weighted by molar-refractivity contribution is -0.135. The number of hydrogen-bond donors (Lipinski definition) is 1. The highest BCUT2D eigenvalue weighted by molar-refractivity contribution is 6.53. The van der Waals surface area contributed by atoms with Crippen molar-refractivity contribution in [2.24, 2.45) is 5.41 Å². The van der Waals surface area contributed by atoms with E-state index in [1.54, 1.807) is 21.0 Å². The molecule has 1 aromatic rings. The van der Waals surface area contributed by atoms with Gasteiger partial charge in [0.05, 0.1) is 5.41 Å². The number of likely N-dealkylation sites (N-methyl/N-ethyl adjacent to an activating group) is 1. The summed E-state index contributed by atoms with van der Waals surface area (Å²) in [6.45, 7) is 1.71. The van der Waals surface area contributed by atoms with Crippen LogP contribution in [0.2, 0.25) is 0 Å². The number of nitrogens with one attached hydrogen (secondary N) is 1. The average molecular weight is 343 g/mol. The number of nitrogens with zero attached hydrogens (tertiary/aromatic N) is 1. The molecule has 0 spiro atoms. The third kappa shape index (κ3) is 3.39. The van der Waals surface area contributed by atoms with Gasteiger partial charge in [0.1, 0.15) is 10.4 Å². The van der Waals surface area contributed by atoms with Gasteiger partial charge < -0.3 is 10.2 Å². The minimum Gasteiger partial charge on any atom is -0.347 e. The second-order valence-corrected chi connectivity index (χ2v) is 7.65. The van der Waals surface area contributed by atoms with Gasteiger partial charge in [-0.15, -0.1) is 23.2 Å². The van der Waals surface area contributed by atoms with Crippen LogP contribution in [0.3, 0.4) is 0 Å². The molecular weight excluding hydrogens is 323 g/mol.